The van der Waals surface area contributed by atoms with Gasteiger partial charge in [0, 0.05) is 26.7 Å². The maximum Gasteiger partial charge on any atom is 0.0816 e. The summed E-state index contributed by atoms with van der Waals surface area (Å²) in [5, 5.41) is 7.06. The molecule has 2 N–H and O–H groups in total. The molecule has 0 radical (unpaired) electrons. The summed E-state index contributed by atoms with van der Waals surface area (Å²) >= 11 is 0. The van der Waals surface area contributed by atoms with Crippen LogP contribution in [0.3, 0.4) is 0 Å². The molecular formula is C12H19N3. The van der Waals surface area contributed by atoms with E-state index in [1.807, 2.05) is 0 Å². The highest BCUT2D eigenvalue weighted by atomic mass is 15.1. The molecule has 1 aliphatic rings. The van der Waals surface area contributed by atoms with Crippen LogP contribution in [0.25, 0.3) is 0 Å². The summed E-state index contributed by atoms with van der Waals surface area (Å²) in [4.78, 5) is 2.14. The summed E-state index contributed by atoms with van der Waals surface area (Å²) in [7, 11) is 4.15. The lowest BCUT2D eigenvalue weighted by molar-refractivity contribution is 0.713. The Kier molecular flexibility index (Phi) is 2.71. The minimum atomic E-state index is 0.540. The number of hydrogen-bond acceptors (Lipinski definition) is 3. The molecular weight excluding hydrogens is 186 g/mol. The minimum absolute atomic E-state index is 0.540. The van der Waals surface area contributed by atoms with Gasteiger partial charge in [-0.2, -0.15) is 0 Å². The Bertz CT molecular complexity index is 347. The van der Waals surface area contributed by atoms with E-state index in [1.54, 1.807) is 0 Å². The molecule has 1 aliphatic heterocycles. The first-order valence-electron chi connectivity index (χ1n) is 5.53. The van der Waals surface area contributed by atoms with E-state index in [0.29, 0.717) is 6.04 Å². The van der Waals surface area contributed by atoms with Gasteiger partial charge in [0.25, 0.3) is 0 Å². The molecule has 1 unspecified atom stereocenters. The molecule has 1 heterocycles. The Morgan fingerprint density at radius 1 is 1.40 bits per heavy atom. The first-order valence-corrected chi connectivity index (χ1v) is 5.53. The quantitative estimate of drug-likeness (QED) is 0.776. The van der Waals surface area contributed by atoms with Gasteiger partial charge in [0.1, 0.15) is 0 Å². The summed E-state index contributed by atoms with van der Waals surface area (Å²) in [6.07, 6.45) is 1.15. The number of hydrogen-bond donors (Lipinski definition) is 2. The molecule has 2 rings (SSSR count). The summed E-state index contributed by atoms with van der Waals surface area (Å²) < 4.78 is 0. The smallest absolute Gasteiger partial charge is 0.0816 e. The monoisotopic (exact) mass is 205 g/mol. The normalized spacial score (nSPS) is 18.7. The fourth-order valence-corrected chi connectivity index (χ4v) is 1.95. The first kappa shape index (κ1) is 10.1. The molecule has 1 aromatic rings. The molecule has 82 valence electrons. The van der Waals surface area contributed by atoms with Crippen molar-refractivity contribution in [3.05, 3.63) is 18.2 Å². The molecule has 0 amide bonds. The summed E-state index contributed by atoms with van der Waals surface area (Å²) in [5.41, 5.74) is 3.70. The van der Waals surface area contributed by atoms with E-state index in [-0.39, 0.29) is 0 Å². The fraction of sp³-hybridized carbons (Fsp3) is 0.500. The molecule has 0 fully saturated rings. The van der Waals surface area contributed by atoms with Gasteiger partial charge in [-0.1, -0.05) is 13.0 Å². The van der Waals surface area contributed by atoms with E-state index in [4.69, 9.17) is 0 Å². The van der Waals surface area contributed by atoms with Gasteiger partial charge in [-0.25, -0.2) is 0 Å². The second kappa shape index (κ2) is 4.01. The van der Waals surface area contributed by atoms with Crippen LogP contribution in [0.5, 0.6) is 0 Å². The minimum Gasteiger partial charge on any atom is -0.381 e. The van der Waals surface area contributed by atoms with Crippen LogP contribution in [-0.4, -0.2) is 26.7 Å². The Labute approximate surface area is 91.5 Å². The average molecular weight is 205 g/mol. The molecule has 0 aliphatic carbocycles. The van der Waals surface area contributed by atoms with Crippen molar-refractivity contribution in [2.24, 2.45) is 0 Å². The molecule has 0 bridgehead atoms. The maximum atomic E-state index is 3.59. The molecule has 1 aromatic carbocycles. The Morgan fingerprint density at radius 3 is 2.87 bits per heavy atom. The first-order chi connectivity index (χ1) is 7.22. The highest BCUT2D eigenvalue weighted by Crippen LogP contribution is 2.35. The lowest BCUT2D eigenvalue weighted by Gasteiger charge is -2.31. The number of benzene rings is 1. The van der Waals surface area contributed by atoms with Gasteiger partial charge in [-0.05, 0) is 18.6 Å². The zero-order valence-electron chi connectivity index (χ0n) is 9.67. The van der Waals surface area contributed by atoms with Crippen molar-refractivity contribution in [2.75, 3.05) is 36.2 Å². The maximum absolute atomic E-state index is 3.59. The van der Waals surface area contributed by atoms with E-state index in [1.165, 1.54) is 17.1 Å². The van der Waals surface area contributed by atoms with E-state index >= 15 is 0 Å². The van der Waals surface area contributed by atoms with Crippen LogP contribution in [0, 0.1) is 0 Å². The van der Waals surface area contributed by atoms with E-state index < -0.39 is 0 Å². The number of anilines is 3. The van der Waals surface area contributed by atoms with Crippen molar-refractivity contribution in [3.63, 3.8) is 0 Å². The van der Waals surface area contributed by atoms with Crippen LogP contribution < -0.4 is 15.5 Å². The van der Waals surface area contributed by atoms with Crippen LogP contribution >= 0.6 is 0 Å². The van der Waals surface area contributed by atoms with Gasteiger partial charge < -0.3 is 15.5 Å². The lowest BCUT2D eigenvalue weighted by Crippen LogP contribution is -2.33. The molecule has 1 atom stereocenters. The Balaban J connectivity index is 2.36. The molecule has 0 spiro atoms. The van der Waals surface area contributed by atoms with Crippen LogP contribution in [0.2, 0.25) is 0 Å². The zero-order chi connectivity index (χ0) is 10.8. The van der Waals surface area contributed by atoms with Crippen molar-refractivity contribution >= 4 is 17.1 Å². The van der Waals surface area contributed by atoms with E-state index in [9.17, 15) is 0 Å². The number of fused-ring (bicyclic) bond motifs is 1. The second-order valence-electron chi connectivity index (χ2n) is 4.22. The molecule has 0 saturated heterocycles. The van der Waals surface area contributed by atoms with Crippen molar-refractivity contribution in [1.29, 1.82) is 0 Å². The predicted molar refractivity (Wildman–Crippen MR) is 67.0 cm³/mol. The van der Waals surface area contributed by atoms with Crippen molar-refractivity contribution in [1.82, 2.24) is 0 Å². The van der Waals surface area contributed by atoms with Gasteiger partial charge in [0.05, 0.1) is 17.1 Å². The van der Waals surface area contributed by atoms with Crippen molar-refractivity contribution in [2.45, 2.75) is 19.4 Å². The van der Waals surface area contributed by atoms with Gasteiger partial charge in [0.2, 0.25) is 0 Å². The standard InChI is InChI=1S/C12H19N3/c1-4-9-8-13-10-6-5-7-11(15(2)3)12(10)14-9/h5-7,9,13-14H,4,8H2,1-3H3. The van der Waals surface area contributed by atoms with Gasteiger partial charge in [-0.15, -0.1) is 0 Å². The third kappa shape index (κ3) is 1.87. The average Bonchev–Trinajstić information content (AvgIpc) is 2.27. The van der Waals surface area contributed by atoms with Crippen LogP contribution in [0.4, 0.5) is 17.1 Å². The number of rotatable bonds is 2. The van der Waals surface area contributed by atoms with Crippen LogP contribution in [0.1, 0.15) is 13.3 Å². The van der Waals surface area contributed by atoms with Crippen LogP contribution in [-0.2, 0) is 0 Å². The SMILES string of the molecule is CCC1CNc2cccc(N(C)C)c2N1. The number of para-hydroxylation sites is 1. The third-order valence-corrected chi connectivity index (χ3v) is 2.90. The topological polar surface area (TPSA) is 27.3 Å². The van der Waals surface area contributed by atoms with Crippen LogP contribution in [0.15, 0.2) is 18.2 Å². The molecule has 0 saturated carbocycles. The molecule has 0 aromatic heterocycles. The lowest BCUT2D eigenvalue weighted by atomic mass is 10.1. The molecule has 15 heavy (non-hydrogen) atoms. The molecule has 3 nitrogen and oxygen atoms in total. The highest BCUT2D eigenvalue weighted by Gasteiger charge is 2.18. The highest BCUT2D eigenvalue weighted by molar-refractivity contribution is 5.84. The number of nitrogens with one attached hydrogen (secondary N) is 2. The van der Waals surface area contributed by atoms with E-state index in [0.717, 1.165) is 13.0 Å². The zero-order valence-corrected chi connectivity index (χ0v) is 9.67. The predicted octanol–water partition coefficient (Wildman–Crippen LogP) is 2.37. The van der Waals surface area contributed by atoms with Crippen molar-refractivity contribution < 1.29 is 0 Å². The second-order valence-corrected chi connectivity index (χ2v) is 4.22. The van der Waals surface area contributed by atoms with Gasteiger partial charge in [-0.3, -0.25) is 0 Å². The van der Waals surface area contributed by atoms with Gasteiger partial charge in [0.15, 0.2) is 0 Å². The molecule has 3 heteroatoms. The van der Waals surface area contributed by atoms with E-state index in [2.05, 4.69) is 54.8 Å². The Morgan fingerprint density at radius 2 is 2.20 bits per heavy atom. The summed E-state index contributed by atoms with van der Waals surface area (Å²) in [6, 6.07) is 6.90. The summed E-state index contributed by atoms with van der Waals surface area (Å²) in [5.74, 6) is 0. The summed E-state index contributed by atoms with van der Waals surface area (Å²) in [6.45, 7) is 3.23. The van der Waals surface area contributed by atoms with Crippen molar-refractivity contribution in [3.8, 4) is 0 Å². The largest absolute Gasteiger partial charge is 0.381 e. The fourth-order valence-electron chi connectivity index (χ4n) is 1.95. The van der Waals surface area contributed by atoms with Gasteiger partial charge >= 0.3 is 0 Å². The third-order valence-electron chi connectivity index (χ3n) is 2.90. The Hall–Kier alpha value is -1.38. The number of nitrogens with zero attached hydrogens (tertiary/aromatic N) is 1.